The quantitative estimate of drug-likeness (QED) is 0.179. The summed E-state index contributed by atoms with van der Waals surface area (Å²) in [6.45, 7) is 16.2. The van der Waals surface area contributed by atoms with E-state index in [4.69, 9.17) is 4.11 Å². The Kier molecular flexibility index (Phi) is 6.35. The maximum atomic E-state index is 8.76. The first kappa shape index (κ1) is 27.2. The summed E-state index contributed by atoms with van der Waals surface area (Å²) in [6.07, 6.45) is 0. The van der Waals surface area contributed by atoms with Crippen LogP contribution in [-0.4, -0.2) is 8.07 Å². The average Bonchev–Trinajstić information content (AvgIpc) is 3.03. The van der Waals surface area contributed by atoms with Gasteiger partial charge in [-0.2, -0.15) is 0 Å². The molecular weight excluding hydrogens is 597 g/mol. The Hall–Kier alpha value is -2.98. The third-order valence-electron chi connectivity index (χ3n) is 10.2. The molecule has 2 aliphatic rings. The van der Waals surface area contributed by atoms with Crippen molar-refractivity contribution in [2.24, 2.45) is 0 Å². The molecular formula is C42H44S2Si. The zero-order chi connectivity index (χ0) is 34.4. The Bertz CT molecular complexity index is 2090. The Morgan fingerprint density at radius 1 is 0.600 bits per heavy atom. The maximum Gasteiger partial charge on any atom is 0.113 e. The van der Waals surface area contributed by atoms with Crippen molar-refractivity contribution < 1.29 is 4.11 Å². The molecule has 1 atom stereocenters. The van der Waals surface area contributed by atoms with Crippen LogP contribution in [0.4, 0.5) is 0 Å². The Morgan fingerprint density at radius 2 is 1.16 bits per heavy atom. The summed E-state index contributed by atoms with van der Waals surface area (Å²) in [5.74, 6) is 0. The molecule has 228 valence electrons. The van der Waals surface area contributed by atoms with E-state index in [2.05, 4.69) is 133 Å². The summed E-state index contributed by atoms with van der Waals surface area (Å²) in [4.78, 5) is 4.84. The van der Waals surface area contributed by atoms with Crippen molar-refractivity contribution in [3.8, 4) is 11.1 Å². The predicted molar refractivity (Wildman–Crippen MR) is 199 cm³/mol. The predicted octanol–water partition coefficient (Wildman–Crippen LogP) is 11.1. The highest BCUT2D eigenvalue weighted by Gasteiger charge is 2.39. The molecule has 0 aliphatic carbocycles. The lowest BCUT2D eigenvalue weighted by Gasteiger charge is -2.38. The van der Waals surface area contributed by atoms with Crippen LogP contribution < -0.4 is 10.4 Å². The van der Waals surface area contributed by atoms with E-state index in [1.807, 2.05) is 36.9 Å². The molecule has 1 unspecified atom stereocenters. The largest absolute Gasteiger partial charge is 0.113 e. The van der Waals surface area contributed by atoms with Gasteiger partial charge in [0, 0.05) is 34.5 Å². The van der Waals surface area contributed by atoms with Crippen LogP contribution in [-0.2, 0) is 16.2 Å². The molecule has 0 spiro atoms. The number of hydrogen-bond donors (Lipinski definition) is 0. The lowest BCUT2D eigenvalue weighted by molar-refractivity contribution is 0.591. The normalized spacial score (nSPS) is 19.7. The zero-order valence-corrected chi connectivity index (χ0v) is 30.3. The number of benzene rings is 5. The fraction of sp³-hybridized carbons (Fsp3) is 0.286. The number of fused-ring (bicyclic) bond motifs is 4. The molecule has 0 N–H and O–H groups in total. The van der Waals surface area contributed by atoms with Crippen molar-refractivity contribution in [1.29, 1.82) is 0 Å². The minimum atomic E-state index is -2.36. The third-order valence-corrected chi connectivity index (χ3v) is 16.3. The van der Waals surface area contributed by atoms with Crippen LogP contribution in [0.2, 0.25) is 13.1 Å². The van der Waals surface area contributed by atoms with Crippen LogP contribution in [0.1, 0.15) is 80.3 Å². The van der Waals surface area contributed by atoms with Crippen molar-refractivity contribution in [3.05, 3.63) is 131 Å². The van der Waals surface area contributed by atoms with Gasteiger partial charge in [0.15, 0.2) is 0 Å². The van der Waals surface area contributed by atoms with Gasteiger partial charge in [-0.15, -0.1) is 0 Å². The highest BCUT2D eigenvalue weighted by atomic mass is 32.2. The third kappa shape index (κ3) is 4.80. The fourth-order valence-corrected chi connectivity index (χ4v) is 13.7. The van der Waals surface area contributed by atoms with Gasteiger partial charge in [0.2, 0.25) is 0 Å². The second-order valence-corrected chi connectivity index (χ2v) is 21.4. The van der Waals surface area contributed by atoms with Crippen molar-refractivity contribution in [1.82, 2.24) is 0 Å². The summed E-state index contributed by atoms with van der Waals surface area (Å²) in [7, 11) is -2.36. The molecule has 5 aromatic carbocycles. The van der Waals surface area contributed by atoms with Crippen LogP contribution in [0, 0.1) is 0 Å². The van der Waals surface area contributed by atoms with E-state index in [0.29, 0.717) is 0 Å². The molecule has 2 aliphatic heterocycles. The molecule has 0 saturated carbocycles. The lowest BCUT2D eigenvalue weighted by Crippen LogP contribution is -2.54. The van der Waals surface area contributed by atoms with Gasteiger partial charge in [-0.1, -0.05) is 181 Å². The monoisotopic (exact) mass is 643 g/mol. The fourth-order valence-electron chi connectivity index (χ4n) is 7.40. The molecule has 0 aromatic heterocycles. The molecule has 2 heterocycles. The molecule has 5 aromatic rings. The first-order valence-electron chi connectivity index (χ1n) is 17.4. The number of hydrogen-bond acceptors (Lipinski definition) is 2. The van der Waals surface area contributed by atoms with E-state index in [1.165, 1.54) is 48.0 Å². The van der Waals surface area contributed by atoms with Gasteiger partial charge in [-0.3, -0.25) is 0 Å². The van der Waals surface area contributed by atoms with Crippen molar-refractivity contribution >= 4 is 42.0 Å². The van der Waals surface area contributed by atoms with Crippen molar-refractivity contribution in [2.75, 3.05) is 0 Å². The topological polar surface area (TPSA) is 0 Å². The number of rotatable bonds is 3. The van der Waals surface area contributed by atoms with Gasteiger partial charge in [0.05, 0.1) is 0 Å². The van der Waals surface area contributed by atoms with Crippen LogP contribution in [0.5, 0.6) is 0 Å². The summed E-state index contributed by atoms with van der Waals surface area (Å²) < 4.78 is 26.3. The summed E-state index contributed by atoms with van der Waals surface area (Å²) >= 11 is 3.65. The van der Waals surface area contributed by atoms with Crippen LogP contribution in [0.3, 0.4) is 0 Å². The lowest BCUT2D eigenvalue weighted by atomic mass is 9.76. The molecule has 0 bridgehead atoms. The highest BCUT2D eigenvalue weighted by molar-refractivity contribution is 8.00. The summed E-state index contributed by atoms with van der Waals surface area (Å²) in [5, 5.41) is 2.65. The van der Waals surface area contributed by atoms with E-state index in [0.717, 1.165) is 20.9 Å². The van der Waals surface area contributed by atoms with Crippen molar-refractivity contribution in [3.63, 3.8) is 0 Å². The van der Waals surface area contributed by atoms with Gasteiger partial charge >= 0.3 is 0 Å². The Balaban J connectivity index is 1.43. The van der Waals surface area contributed by atoms with Crippen LogP contribution in [0.25, 0.3) is 11.1 Å². The van der Waals surface area contributed by atoms with Gasteiger partial charge in [-0.05, 0) is 61.7 Å². The second-order valence-electron chi connectivity index (χ2n) is 14.9. The molecule has 0 amide bonds. The molecule has 0 fully saturated rings. The van der Waals surface area contributed by atoms with E-state index >= 15 is 0 Å². The first-order chi connectivity index (χ1) is 22.5. The SMILES string of the molecule is [2H]C([2H])([2H])C1(C)c2ccccc2Sc2c1cccc2[Si](C)(C)c1ccc(C(C)(C)C)c(-c2cccc3c2Sc2ccccc2C3(C)C)c1. The Labute approximate surface area is 284 Å². The molecule has 3 heteroatoms. The van der Waals surface area contributed by atoms with E-state index in [-0.39, 0.29) is 10.8 Å². The molecule has 0 nitrogen and oxygen atoms in total. The van der Waals surface area contributed by atoms with Crippen LogP contribution >= 0.6 is 23.5 Å². The second kappa shape index (κ2) is 10.5. The first-order valence-corrected chi connectivity index (χ1v) is 20.6. The summed E-state index contributed by atoms with van der Waals surface area (Å²) in [5.41, 5.74) is 7.27. The molecule has 0 saturated heterocycles. The van der Waals surface area contributed by atoms with Gasteiger partial charge in [0.1, 0.15) is 8.07 Å². The van der Waals surface area contributed by atoms with Gasteiger partial charge in [-0.25, -0.2) is 0 Å². The van der Waals surface area contributed by atoms with Gasteiger partial charge in [0.25, 0.3) is 0 Å². The van der Waals surface area contributed by atoms with Crippen LogP contribution in [0.15, 0.2) is 123 Å². The smallest absolute Gasteiger partial charge is 0.0896 e. The van der Waals surface area contributed by atoms with Gasteiger partial charge < -0.3 is 0 Å². The maximum absolute atomic E-state index is 8.76. The molecule has 7 rings (SSSR count). The molecule has 45 heavy (non-hydrogen) atoms. The minimum Gasteiger partial charge on any atom is -0.0896 e. The highest BCUT2D eigenvalue weighted by Crippen LogP contribution is 2.53. The van der Waals surface area contributed by atoms with Crippen molar-refractivity contribution in [2.45, 2.75) is 97.3 Å². The minimum absolute atomic E-state index is 0.0535. The average molecular weight is 644 g/mol. The van der Waals surface area contributed by atoms with E-state index < -0.39 is 20.3 Å². The Morgan fingerprint density at radius 3 is 1.80 bits per heavy atom. The van der Waals surface area contributed by atoms with E-state index in [1.54, 1.807) is 11.8 Å². The zero-order valence-electron chi connectivity index (χ0n) is 30.6. The van der Waals surface area contributed by atoms with E-state index in [9.17, 15) is 0 Å². The standard InChI is InChI=1S/C42H44S2Si/c1-40(2,3)30-25-24-27(26-29(30)28-16-14-19-33-38(28)43-35-21-12-10-17-31(35)41(33,4)5)45(8,9)37-23-15-20-34-39(37)44-36-22-13-11-18-32(36)42(34,6)7/h10-26H,1-9H3/i6D3. The summed E-state index contributed by atoms with van der Waals surface area (Å²) in [6, 6.07) is 37.4. The molecule has 0 radical (unpaired) electrons.